The molecule has 0 aliphatic carbocycles. The molecule has 0 unspecified atom stereocenters. The van der Waals surface area contributed by atoms with Gasteiger partial charge in [-0.05, 0) is 18.2 Å². The Kier molecular flexibility index (Phi) is 4.61. The summed E-state index contributed by atoms with van der Waals surface area (Å²) in [5.74, 6) is 2.58. The molecule has 100 valence electrons. The van der Waals surface area contributed by atoms with Crippen molar-refractivity contribution < 1.29 is 9.15 Å². The van der Waals surface area contributed by atoms with Crippen LogP contribution in [0.1, 0.15) is 24.0 Å². The second-order valence-corrected chi connectivity index (χ2v) is 4.06. The van der Waals surface area contributed by atoms with Gasteiger partial charge < -0.3 is 14.6 Å². The van der Waals surface area contributed by atoms with Gasteiger partial charge in [-0.1, -0.05) is 25.1 Å². The van der Waals surface area contributed by atoms with Gasteiger partial charge in [-0.2, -0.15) is 5.10 Å². The van der Waals surface area contributed by atoms with E-state index in [4.69, 9.17) is 9.15 Å². The van der Waals surface area contributed by atoms with Crippen LogP contribution in [0.3, 0.4) is 0 Å². The lowest BCUT2D eigenvalue weighted by molar-refractivity contribution is 0.408. The molecule has 1 aromatic carbocycles. The highest BCUT2D eigenvalue weighted by molar-refractivity contribution is 5.75. The van der Waals surface area contributed by atoms with Crippen molar-refractivity contribution in [3.8, 4) is 5.75 Å². The Hall–Kier alpha value is -2.23. The van der Waals surface area contributed by atoms with Crippen molar-refractivity contribution in [1.29, 1.82) is 0 Å². The first kappa shape index (κ1) is 13.2. The van der Waals surface area contributed by atoms with E-state index in [0.717, 1.165) is 29.3 Å². The summed E-state index contributed by atoms with van der Waals surface area (Å²) in [5, 5.41) is 4.14. The zero-order valence-electron chi connectivity index (χ0n) is 11.2. The van der Waals surface area contributed by atoms with Crippen LogP contribution in [0.15, 0.2) is 45.9 Å². The molecule has 2 aromatic rings. The molecule has 0 atom stereocenters. The molecule has 19 heavy (non-hydrogen) atoms. The van der Waals surface area contributed by atoms with E-state index in [-0.39, 0.29) is 0 Å². The van der Waals surface area contributed by atoms with Gasteiger partial charge in [-0.25, -0.2) is 0 Å². The minimum atomic E-state index is 0.613. The summed E-state index contributed by atoms with van der Waals surface area (Å²) in [5.41, 5.74) is 4.05. The van der Waals surface area contributed by atoms with E-state index in [1.54, 1.807) is 13.3 Å². The highest BCUT2D eigenvalue weighted by Crippen LogP contribution is 2.16. The van der Waals surface area contributed by atoms with Crippen molar-refractivity contribution in [1.82, 2.24) is 5.43 Å². The van der Waals surface area contributed by atoms with Crippen LogP contribution >= 0.6 is 0 Å². The smallest absolute Gasteiger partial charge is 0.147 e. The van der Waals surface area contributed by atoms with Crippen LogP contribution in [0.25, 0.3) is 0 Å². The number of para-hydroxylation sites is 1. The van der Waals surface area contributed by atoms with Crippen LogP contribution in [-0.4, -0.2) is 13.3 Å². The fraction of sp³-hybridized carbons (Fsp3) is 0.267. The third-order valence-corrected chi connectivity index (χ3v) is 2.78. The summed E-state index contributed by atoms with van der Waals surface area (Å²) in [4.78, 5) is 0. The first-order valence-electron chi connectivity index (χ1n) is 6.30. The number of nitrogens with zero attached hydrogens (tertiary/aromatic N) is 1. The van der Waals surface area contributed by atoms with Crippen molar-refractivity contribution >= 4 is 6.21 Å². The minimum absolute atomic E-state index is 0.613. The second-order valence-electron chi connectivity index (χ2n) is 4.06. The lowest BCUT2D eigenvalue weighted by atomic mass is 10.2. The average Bonchev–Trinajstić information content (AvgIpc) is 2.92. The van der Waals surface area contributed by atoms with Gasteiger partial charge in [0, 0.05) is 12.0 Å². The van der Waals surface area contributed by atoms with Crippen molar-refractivity contribution in [2.75, 3.05) is 7.11 Å². The summed E-state index contributed by atoms with van der Waals surface area (Å²) in [6.45, 7) is 2.67. The highest BCUT2D eigenvalue weighted by atomic mass is 16.5. The van der Waals surface area contributed by atoms with Gasteiger partial charge in [0.05, 0.1) is 19.9 Å². The van der Waals surface area contributed by atoms with Crippen LogP contribution < -0.4 is 10.2 Å². The van der Waals surface area contributed by atoms with Gasteiger partial charge in [-0.15, -0.1) is 0 Å². The fourth-order valence-electron chi connectivity index (χ4n) is 1.74. The largest absolute Gasteiger partial charge is 0.496 e. The van der Waals surface area contributed by atoms with E-state index in [1.165, 1.54) is 0 Å². The molecule has 0 radical (unpaired) electrons. The number of rotatable bonds is 6. The molecule has 0 bridgehead atoms. The zero-order valence-corrected chi connectivity index (χ0v) is 11.2. The van der Waals surface area contributed by atoms with Crippen LogP contribution in [0.5, 0.6) is 5.75 Å². The molecule has 0 amide bonds. The number of furan rings is 1. The second kappa shape index (κ2) is 6.64. The Balaban J connectivity index is 1.89. The summed E-state index contributed by atoms with van der Waals surface area (Å²) in [7, 11) is 1.66. The summed E-state index contributed by atoms with van der Waals surface area (Å²) in [6, 6.07) is 11.7. The van der Waals surface area contributed by atoms with E-state index in [1.807, 2.05) is 36.4 Å². The Morgan fingerprint density at radius 2 is 2.11 bits per heavy atom. The van der Waals surface area contributed by atoms with Gasteiger partial charge in [0.1, 0.15) is 17.3 Å². The summed E-state index contributed by atoms with van der Waals surface area (Å²) >= 11 is 0. The topological polar surface area (TPSA) is 46.8 Å². The van der Waals surface area contributed by atoms with Crippen LogP contribution in [0.4, 0.5) is 0 Å². The molecule has 0 fully saturated rings. The van der Waals surface area contributed by atoms with E-state index < -0.39 is 0 Å². The lowest BCUT2D eigenvalue weighted by Crippen LogP contribution is -2.06. The van der Waals surface area contributed by atoms with Gasteiger partial charge in [-0.3, -0.25) is 0 Å². The van der Waals surface area contributed by atoms with E-state index in [9.17, 15) is 0 Å². The van der Waals surface area contributed by atoms with Crippen molar-refractivity contribution in [2.45, 2.75) is 19.9 Å². The normalized spacial score (nSPS) is 10.8. The Morgan fingerprint density at radius 1 is 1.26 bits per heavy atom. The highest BCUT2D eigenvalue weighted by Gasteiger charge is 2.00. The van der Waals surface area contributed by atoms with Crippen molar-refractivity contribution in [3.63, 3.8) is 0 Å². The molecule has 4 heteroatoms. The molecule has 1 N–H and O–H groups in total. The Morgan fingerprint density at radius 3 is 2.84 bits per heavy atom. The molecule has 1 heterocycles. The maximum Gasteiger partial charge on any atom is 0.147 e. The zero-order chi connectivity index (χ0) is 13.5. The van der Waals surface area contributed by atoms with Crippen LogP contribution in [-0.2, 0) is 13.0 Å². The van der Waals surface area contributed by atoms with E-state index in [2.05, 4.69) is 17.5 Å². The van der Waals surface area contributed by atoms with E-state index in [0.29, 0.717) is 6.54 Å². The van der Waals surface area contributed by atoms with Gasteiger partial charge >= 0.3 is 0 Å². The van der Waals surface area contributed by atoms with E-state index >= 15 is 0 Å². The van der Waals surface area contributed by atoms with Crippen molar-refractivity contribution in [3.05, 3.63) is 53.5 Å². The van der Waals surface area contributed by atoms with Gasteiger partial charge in [0.2, 0.25) is 0 Å². The molecule has 0 saturated carbocycles. The molecule has 0 aliphatic rings. The molecular formula is C15H18N2O2. The van der Waals surface area contributed by atoms with Crippen LogP contribution in [0, 0.1) is 0 Å². The fourth-order valence-corrected chi connectivity index (χ4v) is 1.74. The SMILES string of the molecule is CCc1ccc(/C=N\NCc2ccccc2OC)o1. The maximum absolute atomic E-state index is 5.52. The summed E-state index contributed by atoms with van der Waals surface area (Å²) in [6.07, 6.45) is 2.57. The third kappa shape index (κ3) is 3.61. The van der Waals surface area contributed by atoms with Crippen molar-refractivity contribution in [2.24, 2.45) is 5.10 Å². The van der Waals surface area contributed by atoms with Gasteiger partial charge in [0.15, 0.2) is 0 Å². The number of nitrogens with one attached hydrogen (secondary N) is 1. The first-order valence-corrected chi connectivity index (χ1v) is 6.30. The molecule has 4 nitrogen and oxygen atoms in total. The molecular weight excluding hydrogens is 240 g/mol. The molecule has 0 spiro atoms. The molecule has 0 aliphatic heterocycles. The number of ether oxygens (including phenoxy) is 1. The third-order valence-electron chi connectivity index (χ3n) is 2.78. The number of hydrogen-bond donors (Lipinski definition) is 1. The number of aryl methyl sites for hydroxylation is 1. The predicted molar refractivity (Wildman–Crippen MR) is 75.5 cm³/mol. The monoisotopic (exact) mass is 258 g/mol. The summed E-state index contributed by atoms with van der Waals surface area (Å²) < 4.78 is 10.8. The predicted octanol–water partition coefficient (Wildman–Crippen LogP) is 2.97. The standard InChI is InChI=1S/C15H18N2O2/c1-3-13-8-9-14(19-13)11-17-16-10-12-6-4-5-7-15(12)18-2/h4-9,11,16H,3,10H2,1-2H3/b17-11-. The first-order chi connectivity index (χ1) is 9.33. The Labute approximate surface area is 113 Å². The van der Waals surface area contributed by atoms with Gasteiger partial charge in [0.25, 0.3) is 0 Å². The lowest BCUT2D eigenvalue weighted by Gasteiger charge is -2.06. The number of hydrogen-bond acceptors (Lipinski definition) is 4. The Bertz CT molecular complexity index is 547. The molecule has 1 aromatic heterocycles. The number of benzene rings is 1. The molecule has 0 saturated heterocycles. The average molecular weight is 258 g/mol. The quantitative estimate of drug-likeness (QED) is 0.640. The van der Waals surface area contributed by atoms with Crippen LogP contribution in [0.2, 0.25) is 0 Å². The minimum Gasteiger partial charge on any atom is -0.496 e. The molecule has 2 rings (SSSR count). The maximum atomic E-state index is 5.52. The number of hydrazone groups is 1. The number of methoxy groups -OCH3 is 1.